The Kier molecular flexibility index (Phi) is 6.41. The first-order valence-corrected chi connectivity index (χ1v) is 7.84. The Morgan fingerprint density at radius 1 is 1.26 bits per heavy atom. The molecule has 5 heteroatoms. The highest BCUT2D eigenvalue weighted by atomic mass is 16.5. The molecule has 0 aliphatic carbocycles. The van der Waals surface area contributed by atoms with Crippen LogP contribution in [0.1, 0.15) is 31.4 Å². The van der Waals surface area contributed by atoms with Crippen molar-refractivity contribution in [3.05, 3.63) is 59.9 Å². The number of pyridine rings is 1. The molecule has 0 fully saturated rings. The first kappa shape index (κ1) is 16.8. The Balaban J connectivity index is 1.83. The molecule has 0 aliphatic heterocycles. The Morgan fingerprint density at radius 3 is 2.70 bits per heavy atom. The molecule has 1 aromatic heterocycles. The maximum Gasteiger partial charge on any atom is 0.189 e. The monoisotopic (exact) mass is 312 g/mol. The fraction of sp³-hybridized carbons (Fsp3) is 0.333. The molecule has 1 atom stereocenters. The van der Waals surface area contributed by atoms with Gasteiger partial charge in [0.1, 0.15) is 12.4 Å². The third kappa shape index (κ3) is 5.98. The van der Waals surface area contributed by atoms with Crippen LogP contribution in [0.4, 0.5) is 0 Å². The van der Waals surface area contributed by atoms with Gasteiger partial charge >= 0.3 is 0 Å². The summed E-state index contributed by atoms with van der Waals surface area (Å²) in [6, 6.07) is 12.1. The summed E-state index contributed by atoms with van der Waals surface area (Å²) >= 11 is 0. The van der Waals surface area contributed by atoms with E-state index in [1.165, 1.54) is 0 Å². The van der Waals surface area contributed by atoms with Crippen molar-refractivity contribution in [3.8, 4) is 5.75 Å². The number of nitrogens with zero attached hydrogens (tertiary/aromatic N) is 2. The summed E-state index contributed by atoms with van der Waals surface area (Å²) in [6.45, 7) is 5.25. The number of hydrogen-bond acceptors (Lipinski definition) is 3. The van der Waals surface area contributed by atoms with Gasteiger partial charge in [-0.05, 0) is 37.1 Å². The summed E-state index contributed by atoms with van der Waals surface area (Å²) in [5.41, 5.74) is 7.99. The van der Waals surface area contributed by atoms with Crippen molar-refractivity contribution in [2.75, 3.05) is 0 Å². The molecule has 0 saturated carbocycles. The van der Waals surface area contributed by atoms with Gasteiger partial charge in [-0.3, -0.25) is 4.98 Å². The van der Waals surface area contributed by atoms with Crippen LogP contribution in [-0.2, 0) is 13.2 Å². The number of ether oxygens (including phenoxy) is 1. The van der Waals surface area contributed by atoms with E-state index in [0.29, 0.717) is 25.2 Å². The van der Waals surface area contributed by atoms with Gasteiger partial charge in [0.2, 0.25) is 0 Å². The van der Waals surface area contributed by atoms with Gasteiger partial charge in [-0.1, -0.05) is 25.1 Å². The van der Waals surface area contributed by atoms with Crippen LogP contribution in [0.25, 0.3) is 0 Å². The van der Waals surface area contributed by atoms with Crippen molar-refractivity contribution >= 4 is 5.96 Å². The van der Waals surface area contributed by atoms with E-state index in [0.717, 1.165) is 23.3 Å². The molecule has 2 rings (SSSR count). The standard InChI is InChI=1S/C18H24N4O/c1-3-14(2)22-18(19)21-12-15-6-8-17(9-7-15)23-13-16-5-4-10-20-11-16/h4-11,14H,3,12-13H2,1-2H3,(H3,19,21,22)/t14-/m1/s1. The fourth-order valence-corrected chi connectivity index (χ4v) is 1.92. The third-order valence-corrected chi connectivity index (χ3v) is 3.49. The van der Waals surface area contributed by atoms with E-state index in [2.05, 4.69) is 29.1 Å². The Bertz CT molecular complexity index is 611. The van der Waals surface area contributed by atoms with Crippen molar-refractivity contribution in [2.24, 2.45) is 10.7 Å². The largest absolute Gasteiger partial charge is 0.489 e. The molecule has 0 bridgehead atoms. The molecule has 0 spiro atoms. The number of nitrogens with two attached hydrogens (primary N) is 1. The third-order valence-electron chi connectivity index (χ3n) is 3.49. The normalized spacial score (nSPS) is 12.7. The molecule has 0 saturated heterocycles. The predicted molar refractivity (Wildman–Crippen MR) is 93.2 cm³/mol. The lowest BCUT2D eigenvalue weighted by Gasteiger charge is -2.11. The molecule has 0 aliphatic rings. The second-order valence-corrected chi connectivity index (χ2v) is 5.45. The molecule has 1 heterocycles. The molecular weight excluding hydrogens is 288 g/mol. The predicted octanol–water partition coefficient (Wildman–Crippen LogP) is 2.86. The van der Waals surface area contributed by atoms with Crippen molar-refractivity contribution in [2.45, 2.75) is 39.5 Å². The number of guanidine groups is 1. The smallest absolute Gasteiger partial charge is 0.189 e. The van der Waals surface area contributed by atoms with E-state index in [9.17, 15) is 0 Å². The summed E-state index contributed by atoms with van der Waals surface area (Å²) in [5.74, 6) is 1.31. The lowest BCUT2D eigenvalue weighted by atomic mass is 10.2. The summed E-state index contributed by atoms with van der Waals surface area (Å²) in [4.78, 5) is 8.41. The fourth-order valence-electron chi connectivity index (χ4n) is 1.92. The number of nitrogens with one attached hydrogen (secondary N) is 1. The minimum atomic E-state index is 0.335. The van der Waals surface area contributed by atoms with Crippen LogP contribution in [0, 0.1) is 0 Å². The molecule has 2 aromatic rings. The van der Waals surface area contributed by atoms with E-state index in [1.807, 2.05) is 36.4 Å². The van der Waals surface area contributed by atoms with Crippen molar-refractivity contribution in [1.82, 2.24) is 10.3 Å². The molecule has 23 heavy (non-hydrogen) atoms. The summed E-state index contributed by atoms with van der Waals surface area (Å²) in [6.07, 6.45) is 4.57. The molecular formula is C18H24N4O. The Labute approximate surface area is 137 Å². The van der Waals surface area contributed by atoms with E-state index in [1.54, 1.807) is 12.4 Å². The van der Waals surface area contributed by atoms with Crippen LogP contribution in [0.5, 0.6) is 5.75 Å². The lowest BCUT2D eigenvalue weighted by Crippen LogP contribution is -2.38. The highest BCUT2D eigenvalue weighted by Gasteiger charge is 2.00. The second kappa shape index (κ2) is 8.78. The summed E-state index contributed by atoms with van der Waals surface area (Å²) in [7, 11) is 0. The van der Waals surface area contributed by atoms with Gasteiger partial charge in [-0.2, -0.15) is 0 Å². The van der Waals surface area contributed by atoms with Crippen LogP contribution in [-0.4, -0.2) is 17.0 Å². The van der Waals surface area contributed by atoms with Gasteiger partial charge in [-0.25, -0.2) is 4.99 Å². The van der Waals surface area contributed by atoms with E-state index >= 15 is 0 Å². The van der Waals surface area contributed by atoms with Gasteiger partial charge in [0.15, 0.2) is 5.96 Å². The Hall–Kier alpha value is -2.56. The van der Waals surface area contributed by atoms with Crippen LogP contribution in [0.3, 0.4) is 0 Å². The van der Waals surface area contributed by atoms with E-state index < -0.39 is 0 Å². The number of aliphatic imine (C=N–C) groups is 1. The number of hydrogen-bond donors (Lipinski definition) is 2. The van der Waals surface area contributed by atoms with Gasteiger partial charge in [0, 0.05) is 24.0 Å². The van der Waals surface area contributed by atoms with E-state index in [-0.39, 0.29) is 0 Å². The maximum absolute atomic E-state index is 5.85. The highest BCUT2D eigenvalue weighted by Crippen LogP contribution is 2.14. The Morgan fingerprint density at radius 2 is 2.04 bits per heavy atom. The minimum Gasteiger partial charge on any atom is -0.489 e. The highest BCUT2D eigenvalue weighted by molar-refractivity contribution is 5.78. The maximum atomic E-state index is 5.85. The first-order valence-electron chi connectivity index (χ1n) is 7.84. The molecule has 1 aromatic carbocycles. The molecule has 0 unspecified atom stereocenters. The van der Waals surface area contributed by atoms with Gasteiger partial charge in [0.05, 0.1) is 6.54 Å². The summed E-state index contributed by atoms with van der Waals surface area (Å²) in [5, 5.41) is 3.15. The SMILES string of the molecule is CC[C@@H](C)NC(N)=NCc1ccc(OCc2cccnc2)cc1. The lowest BCUT2D eigenvalue weighted by molar-refractivity contribution is 0.305. The van der Waals surface area contributed by atoms with Crippen LogP contribution >= 0.6 is 0 Å². The van der Waals surface area contributed by atoms with Crippen LogP contribution < -0.4 is 15.8 Å². The zero-order chi connectivity index (χ0) is 16.5. The van der Waals surface area contributed by atoms with Crippen molar-refractivity contribution in [3.63, 3.8) is 0 Å². The number of benzene rings is 1. The van der Waals surface area contributed by atoms with Crippen molar-refractivity contribution in [1.29, 1.82) is 0 Å². The van der Waals surface area contributed by atoms with Crippen LogP contribution in [0.15, 0.2) is 53.8 Å². The van der Waals surface area contributed by atoms with Gasteiger partial charge in [0.25, 0.3) is 0 Å². The molecule has 122 valence electrons. The molecule has 5 nitrogen and oxygen atoms in total. The molecule has 3 N–H and O–H groups in total. The van der Waals surface area contributed by atoms with Gasteiger partial charge in [-0.15, -0.1) is 0 Å². The quantitative estimate of drug-likeness (QED) is 0.609. The zero-order valence-corrected chi connectivity index (χ0v) is 13.7. The van der Waals surface area contributed by atoms with E-state index in [4.69, 9.17) is 10.5 Å². The first-order chi connectivity index (χ1) is 11.2. The number of aromatic nitrogens is 1. The topological polar surface area (TPSA) is 72.5 Å². The molecule has 0 amide bonds. The van der Waals surface area contributed by atoms with Crippen molar-refractivity contribution < 1.29 is 4.74 Å². The van der Waals surface area contributed by atoms with Crippen LogP contribution in [0.2, 0.25) is 0 Å². The zero-order valence-electron chi connectivity index (χ0n) is 13.7. The summed E-state index contributed by atoms with van der Waals surface area (Å²) < 4.78 is 5.73. The average molecular weight is 312 g/mol. The average Bonchev–Trinajstić information content (AvgIpc) is 2.60. The minimum absolute atomic E-state index is 0.335. The second-order valence-electron chi connectivity index (χ2n) is 5.45. The van der Waals surface area contributed by atoms with Gasteiger partial charge < -0.3 is 15.8 Å². The number of rotatable bonds is 7. The molecule has 0 radical (unpaired) electrons.